The number of anilines is 1. The van der Waals surface area contributed by atoms with E-state index in [0.29, 0.717) is 6.04 Å². The minimum atomic E-state index is 0.252. The summed E-state index contributed by atoms with van der Waals surface area (Å²) in [5.74, 6) is 1.02. The molecule has 1 fully saturated rings. The topological polar surface area (TPSA) is 25.4 Å². The van der Waals surface area contributed by atoms with E-state index >= 15 is 0 Å². The molecule has 2 rings (SSSR count). The van der Waals surface area contributed by atoms with Crippen LogP contribution in [0.5, 0.6) is 0 Å². The Morgan fingerprint density at radius 2 is 2.38 bits per heavy atom. The molecule has 0 saturated carbocycles. The third-order valence-corrected chi connectivity index (χ3v) is 3.87. The average Bonchev–Trinajstić information content (AvgIpc) is 2.31. The van der Waals surface area contributed by atoms with E-state index in [1.807, 2.05) is 18.3 Å². The normalized spacial score (nSPS) is 25.8. The Bertz CT molecular complexity index is 344. The van der Waals surface area contributed by atoms with Crippen molar-refractivity contribution in [3.8, 4) is 0 Å². The lowest BCUT2D eigenvalue weighted by atomic mass is 10.2. The van der Waals surface area contributed by atoms with Gasteiger partial charge in [0.2, 0.25) is 0 Å². The van der Waals surface area contributed by atoms with E-state index in [2.05, 4.69) is 48.7 Å². The Labute approximate surface area is 112 Å². The van der Waals surface area contributed by atoms with Crippen LogP contribution in [-0.2, 0) is 4.74 Å². The number of rotatable bonds is 2. The molecule has 2 heterocycles. The van der Waals surface area contributed by atoms with E-state index in [4.69, 9.17) is 4.74 Å². The van der Waals surface area contributed by atoms with E-state index in [-0.39, 0.29) is 6.10 Å². The summed E-state index contributed by atoms with van der Waals surface area (Å²) in [5.41, 5.74) is 0. The maximum Gasteiger partial charge on any atom is 0.128 e. The van der Waals surface area contributed by atoms with Gasteiger partial charge in [0.05, 0.1) is 18.8 Å². The van der Waals surface area contributed by atoms with Crippen molar-refractivity contribution >= 4 is 37.7 Å². The molecule has 1 aromatic heterocycles. The van der Waals surface area contributed by atoms with Crippen LogP contribution >= 0.6 is 31.9 Å². The smallest absolute Gasteiger partial charge is 0.128 e. The number of morpholine rings is 1. The van der Waals surface area contributed by atoms with Crippen molar-refractivity contribution in [2.24, 2.45) is 0 Å². The molecule has 0 spiro atoms. The third-order valence-electron chi connectivity index (χ3n) is 2.68. The van der Waals surface area contributed by atoms with Crippen molar-refractivity contribution in [2.45, 2.75) is 19.1 Å². The third kappa shape index (κ3) is 2.76. The zero-order valence-corrected chi connectivity index (χ0v) is 12.2. The van der Waals surface area contributed by atoms with Crippen LogP contribution in [0, 0.1) is 0 Å². The van der Waals surface area contributed by atoms with Gasteiger partial charge in [0, 0.05) is 22.5 Å². The summed E-state index contributed by atoms with van der Waals surface area (Å²) in [4.78, 5) is 6.72. The number of alkyl halides is 1. The standard InChI is InChI=1S/C11H14Br2N2O/c1-8-7-16-10(4-12)6-15(8)11-3-2-9(13)5-14-11/h2-3,5,8,10H,4,6-7H2,1H3. The zero-order valence-electron chi connectivity index (χ0n) is 9.07. The summed E-state index contributed by atoms with van der Waals surface area (Å²) in [7, 11) is 0. The van der Waals surface area contributed by atoms with Gasteiger partial charge < -0.3 is 9.64 Å². The fourth-order valence-corrected chi connectivity index (χ4v) is 2.39. The first-order valence-corrected chi connectivity index (χ1v) is 7.18. The van der Waals surface area contributed by atoms with Crippen LogP contribution in [0.3, 0.4) is 0 Å². The zero-order chi connectivity index (χ0) is 11.5. The van der Waals surface area contributed by atoms with Crippen molar-refractivity contribution < 1.29 is 4.74 Å². The Kier molecular flexibility index (Phi) is 4.21. The molecule has 1 aromatic rings. The fourth-order valence-electron chi connectivity index (χ4n) is 1.77. The maximum absolute atomic E-state index is 5.69. The minimum Gasteiger partial charge on any atom is -0.373 e. The number of ether oxygens (including phenoxy) is 1. The van der Waals surface area contributed by atoms with Gasteiger partial charge in [-0.05, 0) is 35.0 Å². The second-order valence-corrected chi connectivity index (χ2v) is 5.51. The molecule has 1 saturated heterocycles. The van der Waals surface area contributed by atoms with Crippen LogP contribution in [0.4, 0.5) is 5.82 Å². The Hall–Kier alpha value is -0.130. The largest absolute Gasteiger partial charge is 0.373 e. The summed E-state index contributed by atoms with van der Waals surface area (Å²) in [5, 5.41) is 0.868. The van der Waals surface area contributed by atoms with Gasteiger partial charge >= 0.3 is 0 Å². The monoisotopic (exact) mass is 348 g/mol. The lowest BCUT2D eigenvalue weighted by Crippen LogP contribution is -2.49. The number of pyridine rings is 1. The van der Waals surface area contributed by atoms with E-state index < -0.39 is 0 Å². The first-order valence-electron chi connectivity index (χ1n) is 5.26. The van der Waals surface area contributed by atoms with Gasteiger partial charge in [-0.25, -0.2) is 4.98 Å². The highest BCUT2D eigenvalue weighted by Gasteiger charge is 2.26. The quantitative estimate of drug-likeness (QED) is 0.768. The molecule has 3 nitrogen and oxygen atoms in total. The lowest BCUT2D eigenvalue weighted by molar-refractivity contribution is 0.0376. The van der Waals surface area contributed by atoms with E-state index in [1.54, 1.807) is 0 Å². The maximum atomic E-state index is 5.69. The molecule has 1 aliphatic heterocycles. The summed E-state index contributed by atoms with van der Waals surface area (Å²) < 4.78 is 6.70. The molecule has 0 N–H and O–H groups in total. The summed E-state index contributed by atoms with van der Waals surface area (Å²) in [6.45, 7) is 3.81. The highest BCUT2D eigenvalue weighted by molar-refractivity contribution is 9.10. The summed E-state index contributed by atoms with van der Waals surface area (Å²) in [6.07, 6.45) is 2.09. The molecule has 5 heteroatoms. The molecule has 88 valence electrons. The molecule has 2 unspecified atom stereocenters. The van der Waals surface area contributed by atoms with Crippen molar-refractivity contribution in [3.05, 3.63) is 22.8 Å². The van der Waals surface area contributed by atoms with Gasteiger partial charge in [-0.3, -0.25) is 0 Å². The van der Waals surface area contributed by atoms with Crippen molar-refractivity contribution in [3.63, 3.8) is 0 Å². The molecule has 0 aromatic carbocycles. The molecule has 0 amide bonds. The molecule has 0 radical (unpaired) electrons. The fraction of sp³-hybridized carbons (Fsp3) is 0.545. The van der Waals surface area contributed by atoms with Gasteiger partial charge in [0.15, 0.2) is 0 Å². The van der Waals surface area contributed by atoms with Crippen molar-refractivity contribution in [2.75, 3.05) is 23.4 Å². The van der Waals surface area contributed by atoms with E-state index in [0.717, 1.165) is 28.8 Å². The predicted octanol–water partition coefficient (Wildman–Crippen LogP) is 2.83. The SMILES string of the molecule is CC1COC(CBr)CN1c1ccc(Br)cn1. The Balaban J connectivity index is 2.14. The van der Waals surface area contributed by atoms with Gasteiger partial charge in [0.25, 0.3) is 0 Å². The van der Waals surface area contributed by atoms with Gasteiger partial charge in [-0.1, -0.05) is 15.9 Å². The highest BCUT2D eigenvalue weighted by atomic mass is 79.9. The number of hydrogen-bond donors (Lipinski definition) is 0. The summed E-state index contributed by atoms with van der Waals surface area (Å²) in [6, 6.07) is 4.44. The Morgan fingerprint density at radius 1 is 1.56 bits per heavy atom. The highest BCUT2D eigenvalue weighted by Crippen LogP contribution is 2.21. The molecule has 0 bridgehead atoms. The molecule has 0 aliphatic carbocycles. The molecule has 2 atom stereocenters. The summed E-state index contributed by atoms with van der Waals surface area (Å²) >= 11 is 6.86. The first-order chi connectivity index (χ1) is 7.70. The van der Waals surface area contributed by atoms with Crippen LogP contribution in [0.2, 0.25) is 0 Å². The minimum absolute atomic E-state index is 0.252. The predicted molar refractivity (Wildman–Crippen MR) is 72.3 cm³/mol. The molecule has 16 heavy (non-hydrogen) atoms. The molecular weight excluding hydrogens is 336 g/mol. The number of aromatic nitrogens is 1. The number of nitrogens with zero attached hydrogens (tertiary/aromatic N) is 2. The van der Waals surface area contributed by atoms with Crippen molar-refractivity contribution in [1.29, 1.82) is 0 Å². The van der Waals surface area contributed by atoms with Crippen LogP contribution in [-0.4, -0.2) is 35.6 Å². The first kappa shape index (κ1) is 12.3. The van der Waals surface area contributed by atoms with Crippen LogP contribution < -0.4 is 4.90 Å². The number of hydrogen-bond acceptors (Lipinski definition) is 3. The average molecular weight is 350 g/mol. The molecule has 1 aliphatic rings. The Morgan fingerprint density at radius 3 is 3.00 bits per heavy atom. The second-order valence-electron chi connectivity index (χ2n) is 3.95. The van der Waals surface area contributed by atoms with E-state index in [9.17, 15) is 0 Å². The van der Waals surface area contributed by atoms with Crippen LogP contribution in [0.15, 0.2) is 22.8 Å². The molecular formula is C11H14Br2N2O. The van der Waals surface area contributed by atoms with Gasteiger partial charge in [-0.2, -0.15) is 0 Å². The van der Waals surface area contributed by atoms with Crippen molar-refractivity contribution in [1.82, 2.24) is 4.98 Å². The lowest BCUT2D eigenvalue weighted by Gasteiger charge is -2.38. The van der Waals surface area contributed by atoms with Crippen LogP contribution in [0.25, 0.3) is 0 Å². The van der Waals surface area contributed by atoms with Gasteiger partial charge in [-0.15, -0.1) is 0 Å². The van der Waals surface area contributed by atoms with Crippen LogP contribution in [0.1, 0.15) is 6.92 Å². The van der Waals surface area contributed by atoms with Gasteiger partial charge in [0.1, 0.15) is 5.82 Å². The number of halogens is 2. The van der Waals surface area contributed by atoms with E-state index in [1.165, 1.54) is 0 Å². The second kappa shape index (κ2) is 5.47.